The van der Waals surface area contributed by atoms with Crippen molar-refractivity contribution in [3.8, 4) is 11.5 Å². The molecule has 2 saturated heterocycles. The number of fused-ring (bicyclic) bond motifs is 4. The number of carbonyl (C=O) groups is 2. The quantitative estimate of drug-likeness (QED) is 0.306. The minimum atomic E-state index is -0.403. The summed E-state index contributed by atoms with van der Waals surface area (Å²) in [4.78, 5) is 39.2. The molecule has 3 aromatic heterocycles. The number of rotatable bonds is 2. The van der Waals surface area contributed by atoms with Crippen molar-refractivity contribution in [1.82, 2.24) is 29.3 Å². The van der Waals surface area contributed by atoms with Gasteiger partial charge in [-0.15, -0.1) is 0 Å². The van der Waals surface area contributed by atoms with Gasteiger partial charge >= 0.3 is 0 Å². The molecule has 44 heavy (non-hydrogen) atoms. The molecule has 4 bridgehead atoms. The number of imidazole rings is 1. The number of hydrogen-bond acceptors (Lipinski definition) is 5. The highest BCUT2D eigenvalue weighted by Crippen LogP contribution is 2.39. The van der Waals surface area contributed by atoms with Crippen LogP contribution in [0.4, 0.5) is 0 Å². The van der Waals surface area contributed by atoms with E-state index in [0.29, 0.717) is 0 Å². The molecule has 232 valence electrons. The second kappa shape index (κ2) is 10.7. The molecule has 3 aliphatic heterocycles. The van der Waals surface area contributed by atoms with Gasteiger partial charge in [0.2, 0.25) is 5.91 Å². The van der Waals surface area contributed by atoms with Gasteiger partial charge in [0.05, 0.1) is 28.5 Å². The molecule has 1 aromatic carbocycles. The normalized spacial score (nSPS) is 25.6. The molecule has 2 amide bonds. The zero-order valence-electron chi connectivity index (χ0n) is 26.7. The van der Waals surface area contributed by atoms with Gasteiger partial charge in [0.1, 0.15) is 5.65 Å². The zero-order chi connectivity index (χ0) is 30.9. The third-order valence-electron chi connectivity index (χ3n) is 10.6. The van der Waals surface area contributed by atoms with Crippen LogP contribution in [0.1, 0.15) is 99.8 Å². The van der Waals surface area contributed by atoms with Crippen LogP contribution >= 0.6 is 0 Å². The molecule has 0 aliphatic carbocycles. The lowest BCUT2D eigenvalue weighted by Crippen LogP contribution is -2.40. The standard InChI is InChI=1S/C35H45N7O2/c1-20-16-29-27(19-24(20)33(43)42-23-11-13-28(42)25(36)18-23)39-32(40(29)5)30-17-22-10-12-26-21(2)37-34(44)35(3,4)14-8-6-7-9-15-41(30)31(22)38-26/h10,12,16-17,19,21,23,25,28H,6-9,11,13-15,18,36H2,1-5H3,(H,37,44)/t21-,23+,25-,28-/m1/s1. The van der Waals surface area contributed by atoms with Gasteiger partial charge in [0.15, 0.2) is 5.82 Å². The lowest BCUT2D eigenvalue weighted by Gasteiger charge is -2.26. The molecule has 7 rings (SSSR count). The summed E-state index contributed by atoms with van der Waals surface area (Å²) in [5, 5.41) is 4.27. The number of amides is 2. The minimum absolute atomic E-state index is 0.0769. The topological polar surface area (TPSA) is 111 Å². The number of nitrogens with zero attached hydrogens (tertiary/aromatic N) is 5. The maximum Gasteiger partial charge on any atom is 0.254 e. The largest absolute Gasteiger partial charge is 0.348 e. The highest BCUT2D eigenvalue weighted by molar-refractivity contribution is 6.00. The van der Waals surface area contributed by atoms with Crippen molar-refractivity contribution in [2.75, 3.05) is 0 Å². The summed E-state index contributed by atoms with van der Waals surface area (Å²) in [6.45, 7) is 8.95. The van der Waals surface area contributed by atoms with E-state index in [-0.39, 0.29) is 36.0 Å². The zero-order valence-corrected chi connectivity index (χ0v) is 26.7. The summed E-state index contributed by atoms with van der Waals surface area (Å²) >= 11 is 0. The lowest BCUT2D eigenvalue weighted by atomic mass is 9.85. The number of benzene rings is 1. The summed E-state index contributed by atoms with van der Waals surface area (Å²) in [6.07, 6.45) is 8.03. The molecule has 0 saturated carbocycles. The molecule has 2 fully saturated rings. The van der Waals surface area contributed by atoms with Crippen molar-refractivity contribution < 1.29 is 9.59 Å². The van der Waals surface area contributed by atoms with Crippen LogP contribution in [0.5, 0.6) is 0 Å². The monoisotopic (exact) mass is 595 g/mol. The molecule has 9 nitrogen and oxygen atoms in total. The summed E-state index contributed by atoms with van der Waals surface area (Å²) in [6, 6.07) is 10.7. The Morgan fingerprint density at radius 2 is 1.86 bits per heavy atom. The first kappa shape index (κ1) is 29.0. The fraction of sp³-hybridized carbons (Fsp3) is 0.543. The summed E-state index contributed by atoms with van der Waals surface area (Å²) in [5.41, 5.74) is 12.2. The summed E-state index contributed by atoms with van der Waals surface area (Å²) in [5.74, 6) is 1.02. The van der Waals surface area contributed by atoms with Crippen LogP contribution in [0.2, 0.25) is 0 Å². The SMILES string of the molecule is Cc1cc2c(cc1C(=O)N1[C@H]3CC[C@@H]1[C@H](N)C3)nc(-c1cc3ccc4nc3n1CCCCCCC(C)(C)C(=O)N[C@@H]4C)n2C. The predicted molar refractivity (Wildman–Crippen MR) is 173 cm³/mol. The Labute approximate surface area is 259 Å². The number of carbonyl (C=O) groups excluding carboxylic acids is 2. The van der Waals surface area contributed by atoms with Gasteiger partial charge in [0.25, 0.3) is 5.91 Å². The Kier molecular flexibility index (Phi) is 7.07. The predicted octanol–water partition coefficient (Wildman–Crippen LogP) is 5.77. The van der Waals surface area contributed by atoms with Crippen molar-refractivity contribution >= 4 is 33.9 Å². The van der Waals surface area contributed by atoms with E-state index in [1.54, 1.807) is 0 Å². The van der Waals surface area contributed by atoms with Crippen LogP contribution in [0.15, 0.2) is 30.3 Å². The number of aromatic nitrogens is 4. The van der Waals surface area contributed by atoms with Gasteiger partial charge in [-0.3, -0.25) is 9.59 Å². The minimum Gasteiger partial charge on any atom is -0.348 e. The molecule has 0 spiro atoms. The number of pyridine rings is 1. The van der Waals surface area contributed by atoms with E-state index in [1.165, 1.54) is 0 Å². The molecule has 9 heteroatoms. The van der Waals surface area contributed by atoms with Crippen molar-refractivity contribution in [3.63, 3.8) is 0 Å². The third kappa shape index (κ3) is 4.71. The Morgan fingerprint density at radius 1 is 1.07 bits per heavy atom. The van der Waals surface area contributed by atoms with Crippen molar-refractivity contribution in [3.05, 3.63) is 47.2 Å². The lowest BCUT2D eigenvalue weighted by molar-refractivity contribution is -0.130. The number of aryl methyl sites for hydroxylation is 3. The summed E-state index contributed by atoms with van der Waals surface area (Å²) < 4.78 is 4.44. The third-order valence-corrected chi connectivity index (χ3v) is 10.6. The van der Waals surface area contributed by atoms with Crippen molar-refractivity contribution in [2.45, 2.75) is 110 Å². The van der Waals surface area contributed by atoms with Crippen molar-refractivity contribution in [1.29, 1.82) is 0 Å². The van der Waals surface area contributed by atoms with E-state index in [1.807, 2.05) is 44.7 Å². The molecule has 0 radical (unpaired) electrons. The van der Waals surface area contributed by atoms with Gasteiger partial charge in [0, 0.05) is 48.1 Å². The van der Waals surface area contributed by atoms with Crippen molar-refractivity contribution in [2.24, 2.45) is 18.2 Å². The molecular weight excluding hydrogens is 550 g/mol. The average molecular weight is 596 g/mol. The van der Waals surface area contributed by atoms with Crippen LogP contribution in [0.3, 0.4) is 0 Å². The Hall–Kier alpha value is -3.72. The molecular formula is C35H45N7O2. The van der Waals surface area contributed by atoms with E-state index in [0.717, 1.165) is 108 Å². The van der Waals surface area contributed by atoms with Crippen LogP contribution < -0.4 is 11.1 Å². The first-order valence-electron chi connectivity index (χ1n) is 16.4. The Balaban J connectivity index is 1.29. The average Bonchev–Trinajstić information content (AvgIpc) is 3.73. The fourth-order valence-corrected chi connectivity index (χ4v) is 7.86. The maximum absolute atomic E-state index is 13.8. The number of nitrogens with one attached hydrogen (secondary N) is 1. The molecule has 4 aromatic rings. The fourth-order valence-electron chi connectivity index (χ4n) is 7.86. The maximum atomic E-state index is 13.8. The number of hydrogen-bond donors (Lipinski definition) is 2. The van der Waals surface area contributed by atoms with Crippen LogP contribution in [0, 0.1) is 12.3 Å². The smallest absolute Gasteiger partial charge is 0.254 e. The van der Waals surface area contributed by atoms with Gasteiger partial charge in [-0.05, 0) is 81.8 Å². The molecule has 3 aliphatic rings. The van der Waals surface area contributed by atoms with Gasteiger partial charge in [-0.25, -0.2) is 9.97 Å². The number of nitrogens with two attached hydrogens (primary N) is 1. The van der Waals surface area contributed by atoms with Gasteiger partial charge in [-0.1, -0.05) is 33.1 Å². The second-order valence-corrected chi connectivity index (χ2v) is 14.1. The van der Waals surface area contributed by atoms with Crippen LogP contribution in [-0.2, 0) is 18.4 Å². The van der Waals surface area contributed by atoms with E-state index in [4.69, 9.17) is 15.7 Å². The van der Waals surface area contributed by atoms with Gasteiger partial charge in [-0.2, -0.15) is 0 Å². The van der Waals surface area contributed by atoms with E-state index in [9.17, 15) is 9.59 Å². The molecule has 0 unspecified atom stereocenters. The van der Waals surface area contributed by atoms with E-state index < -0.39 is 5.41 Å². The van der Waals surface area contributed by atoms with Crippen LogP contribution in [0.25, 0.3) is 33.6 Å². The molecule has 3 N–H and O–H groups in total. The molecule has 6 heterocycles. The summed E-state index contributed by atoms with van der Waals surface area (Å²) in [7, 11) is 2.05. The highest BCUT2D eigenvalue weighted by Gasteiger charge is 2.47. The second-order valence-electron chi connectivity index (χ2n) is 14.1. The first-order chi connectivity index (χ1) is 21.0. The van der Waals surface area contributed by atoms with Gasteiger partial charge < -0.3 is 25.1 Å². The first-order valence-corrected chi connectivity index (χ1v) is 16.4. The van der Waals surface area contributed by atoms with E-state index >= 15 is 0 Å². The van der Waals surface area contributed by atoms with Crippen LogP contribution in [-0.4, -0.2) is 53.9 Å². The Bertz CT molecular complexity index is 1780. The highest BCUT2D eigenvalue weighted by atomic mass is 16.2. The van der Waals surface area contributed by atoms with E-state index in [2.05, 4.69) is 39.7 Å². The Morgan fingerprint density at radius 3 is 2.61 bits per heavy atom. The molecule has 4 atom stereocenters.